The Bertz CT molecular complexity index is 4430. The Morgan fingerprint density at radius 1 is 0.197 bits per heavy atom. The first-order valence-corrected chi connectivity index (χ1v) is 24.7. The number of benzene rings is 12. The van der Waals surface area contributed by atoms with Crippen LogP contribution in [-0.2, 0) is 10.8 Å². The van der Waals surface area contributed by atoms with E-state index in [-0.39, 0.29) is 0 Å². The molecule has 3 heteroatoms. The molecule has 0 spiro atoms. The van der Waals surface area contributed by atoms with Crippen molar-refractivity contribution in [3.63, 3.8) is 0 Å². The van der Waals surface area contributed by atoms with Crippen LogP contribution < -0.4 is 0 Å². The summed E-state index contributed by atoms with van der Waals surface area (Å²) in [5, 5.41) is 14.5. The molecule has 0 aliphatic heterocycles. The number of furan rings is 3. The maximum atomic E-state index is 6.75. The molecule has 15 aromatic rings. The van der Waals surface area contributed by atoms with Crippen LogP contribution in [0.4, 0.5) is 0 Å². The molecule has 0 saturated carbocycles. The van der Waals surface area contributed by atoms with E-state index < -0.39 is 10.8 Å². The fourth-order valence-electron chi connectivity index (χ4n) is 14.8. The summed E-state index contributed by atoms with van der Waals surface area (Å²) in [5.41, 5.74) is 19.3. The fourth-order valence-corrected chi connectivity index (χ4v) is 14.8. The molecule has 0 amide bonds. The van der Waals surface area contributed by atoms with E-state index in [9.17, 15) is 0 Å². The van der Waals surface area contributed by atoms with E-state index in [4.69, 9.17) is 13.3 Å². The minimum atomic E-state index is -0.587. The molecule has 3 aliphatic carbocycles. The van der Waals surface area contributed by atoms with Gasteiger partial charge in [-0.15, -0.1) is 0 Å². The fraction of sp³-hybridized carbons (Fsp3) is 0.0294. The van der Waals surface area contributed by atoms with Gasteiger partial charge >= 0.3 is 0 Å². The summed E-state index contributed by atoms with van der Waals surface area (Å²) in [4.78, 5) is 0. The van der Waals surface area contributed by atoms with Gasteiger partial charge in [-0.25, -0.2) is 0 Å². The number of rotatable bonds is 3. The van der Waals surface area contributed by atoms with Crippen molar-refractivity contribution in [1.29, 1.82) is 0 Å². The van der Waals surface area contributed by atoms with E-state index in [2.05, 4.69) is 218 Å². The van der Waals surface area contributed by atoms with E-state index in [1.807, 2.05) is 0 Å². The molecule has 3 aliphatic rings. The average Bonchev–Trinajstić information content (AvgIpc) is 4.26. The Balaban J connectivity index is 0.965. The lowest BCUT2D eigenvalue weighted by atomic mass is 9.59. The highest BCUT2D eigenvalue weighted by molar-refractivity contribution is 6.22. The van der Waals surface area contributed by atoms with E-state index in [0.717, 1.165) is 82.5 Å². The van der Waals surface area contributed by atoms with Gasteiger partial charge in [-0.2, -0.15) is 0 Å². The molecule has 18 rings (SSSR count). The Kier molecular flexibility index (Phi) is 6.49. The van der Waals surface area contributed by atoms with Crippen molar-refractivity contribution in [3.8, 4) is 33.4 Å². The minimum absolute atomic E-state index is 0.587. The second-order valence-corrected chi connectivity index (χ2v) is 20.0. The molecule has 3 heterocycles. The molecule has 71 heavy (non-hydrogen) atoms. The van der Waals surface area contributed by atoms with E-state index in [1.54, 1.807) is 0 Å². The van der Waals surface area contributed by atoms with Gasteiger partial charge in [0.15, 0.2) is 0 Å². The standard InChI is InChI=1S/C68H36O3/c1-4-28-58-40(13-1)49-22-7-19-46(64(49)69-58)37-31-34-55-61-43(37)16-10-25-52(61)67-53-26-11-17-44-38(47-20-8-23-50-41-14-2-5-29-59(41)70-65(47)50)32-35-56(62(44)53)68(55,67)57-36-33-39(45-18-12-27-54(67)63(45)57)48-21-9-24-51-42-15-3-6-30-60(42)71-66(48)51/h1-36H. The van der Waals surface area contributed by atoms with Crippen molar-refractivity contribution in [3.05, 3.63) is 252 Å². The highest BCUT2D eigenvalue weighted by Gasteiger charge is 2.70. The molecule has 0 bridgehead atoms. The number of hydrogen-bond donors (Lipinski definition) is 0. The van der Waals surface area contributed by atoms with Crippen LogP contribution in [0.25, 0.3) is 132 Å². The summed E-state index contributed by atoms with van der Waals surface area (Å²) < 4.78 is 20.2. The monoisotopic (exact) mass is 900 g/mol. The van der Waals surface area contributed by atoms with Crippen LogP contribution in [-0.4, -0.2) is 0 Å². The van der Waals surface area contributed by atoms with Gasteiger partial charge < -0.3 is 13.3 Å². The van der Waals surface area contributed by atoms with Gasteiger partial charge in [-0.05, 0) is 101 Å². The van der Waals surface area contributed by atoms with Crippen LogP contribution in [0.3, 0.4) is 0 Å². The second-order valence-electron chi connectivity index (χ2n) is 20.0. The van der Waals surface area contributed by atoms with Gasteiger partial charge in [0, 0.05) is 49.0 Å². The highest BCUT2D eigenvalue weighted by atomic mass is 16.3. The third-order valence-electron chi connectivity index (χ3n) is 17.2. The lowest BCUT2D eigenvalue weighted by Gasteiger charge is -2.40. The summed E-state index contributed by atoms with van der Waals surface area (Å²) in [6, 6.07) is 81.0. The number of fused-ring (bicyclic) bond motifs is 9. The van der Waals surface area contributed by atoms with Gasteiger partial charge in [-0.3, -0.25) is 0 Å². The van der Waals surface area contributed by atoms with E-state index in [1.165, 1.54) is 82.4 Å². The number of hydrogen-bond acceptors (Lipinski definition) is 3. The van der Waals surface area contributed by atoms with Crippen LogP contribution >= 0.6 is 0 Å². The molecule has 0 fully saturated rings. The Morgan fingerprint density at radius 3 is 0.803 bits per heavy atom. The summed E-state index contributed by atoms with van der Waals surface area (Å²) in [6.45, 7) is 0. The zero-order valence-corrected chi connectivity index (χ0v) is 38.0. The molecule has 0 atom stereocenters. The molecular weight excluding hydrogens is 865 g/mol. The quantitative estimate of drug-likeness (QED) is 0.177. The summed E-state index contributed by atoms with van der Waals surface area (Å²) in [5.74, 6) is 0. The predicted molar refractivity (Wildman–Crippen MR) is 290 cm³/mol. The van der Waals surface area contributed by atoms with Crippen molar-refractivity contribution < 1.29 is 13.3 Å². The normalized spacial score (nSPS) is 17.4. The third kappa shape index (κ3) is 4.05. The molecule has 0 saturated heterocycles. The van der Waals surface area contributed by atoms with Crippen molar-refractivity contribution in [2.75, 3.05) is 0 Å². The zero-order valence-electron chi connectivity index (χ0n) is 38.0. The maximum Gasteiger partial charge on any atom is 0.143 e. The van der Waals surface area contributed by atoms with E-state index in [0.29, 0.717) is 0 Å². The van der Waals surface area contributed by atoms with Crippen molar-refractivity contribution in [1.82, 2.24) is 0 Å². The molecular formula is C68H36O3. The topological polar surface area (TPSA) is 39.4 Å². The Hall–Kier alpha value is -9.18. The first-order valence-electron chi connectivity index (χ1n) is 24.7. The van der Waals surface area contributed by atoms with E-state index >= 15 is 0 Å². The molecule has 12 aromatic carbocycles. The first kappa shape index (κ1) is 36.8. The Morgan fingerprint density at radius 2 is 0.465 bits per heavy atom. The number of para-hydroxylation sites is 6. The highest BCUT2D eigenvalue weighted by Crippen LogP contribution is 2.76. The molecule has 0 unspecified atom stereocenters. The lowest BCUT2D eigenvalue weighted by Crippen LogP contribution is -2.42. The third-order valence-corrected chi connectivity index (χ3v) is 17.2. The molecule has 0 N–H and O–H groups in total. The SMILES string of the molecule is c1ccc2c(c1)oc1c(-c3ccc4c5c(cccc35)C35c6cccc7c(-c8cccc9c8oc8ccccc89)ccc(c67)C43c3ccc(-c4cccc6c4oc4ccccc46)c4cccc5c34)cccc12. The lowest BCUT2D eigenvalue weighted by molar-refractivity contribution is 0.492. The molecule has 3 nitrogen and oxygen atoms in total. The molecule has 326 valence electrons. The van der Waals surface area contributed by atoms with Crippen LogP contribution in [0.1, 0.15) is 33.4 Å². The van der Waals surface area contributed by atoms with Gasteiger partial charge in [0.05, 0.1) is 10.8 Å². The average molecular weight is 901 g/mol. The summed E-state index contributed by atoms with van der Waals surface area (Å²) >= 11 is 0. The van der Waals surface area contributed by atoms with Gasteiger partial charge in [-0.1, -0.05) is 200 Å². The first-order chi connectivity index (χ1) is 35.2. The molecule has 0 radical (unpaired) electrons. The zero-order chi connectivity index (χ0) is 45.9. The maximum absolute atomic E-state index is 6.75. The van der Waals surface area contributed by atoms with Crippen molar-refractivity contribution in [2.45, 2.75) is 10.8 Å². The summed E-state index contributed by atoms with van der Waals surface area (Å²) in [6.07, 6.45) is 0. The predicted octanol–water partition coefficient (Wildman–Crippen LogP) is 18.2. The Labute approximate surface area is 405 Å². The largest absolute Gasteiger partial charge is 0.455 e. The van der Waals surface area contributed by atoms with Crippen LogP contribution in [0.5, 0.6) is 0 Å². The van der Waals surface area contributed by atoms with Gasteiger partial charge in [0.1, 0.15) is 33.5 Å². The molecule has 3 aromatic heterocycles. The van der Waals surface area contributed by atoms with Gasteiger partial charge in [0.2, 0.25) is 0 Å². The van der Waals surface area contributed by atoms with Crippen molar-refractivity contribution in [2.24, 2.45) is 0 Å². The van der Waals surface area contributed by atoms with Crippen molar-refractivity contribution >= 4 is 98.1 Å². The van der Waals surface area contributed by atoms with Crippen LogP contribution in [0, 0.1) is 0 Å². The minimum Gasteiger partial charge on any atom is -0.455 e. The second kappa shape index (κ2) is 12.5. The summed E-state index contributed by atoms with van der Waals surface area (Å²) in [7, 11) is 0. The smallest absolute Gasteiger partial charge is 0.143 e. The van der Waals surface area contributed by atoms with Crippen LogP contribution in [0.2, 0.25) is 0 Å². The van der Waals surface area contributed by atoms with Crippen LogP contribution in [0.15, 0.2) is 232 Å². The van der Waals surface area contributed by atoms with Gasteiger partial charge in [0.25, 0.3) is 0 Å².